The van der Waals surface area contributed by atoms with E-state index in [9.17, 15) is 18.4 Å². The van der Waals surface area contributed by atoms with Gasteiger partial charge in [-0.05, 0) is 37.1 Å². The van der Waals surface area contributed by atoms with E-state index >= 15 is 0 Å². The molecule has 0 radical (unpaired) electrons. The average Bonchev–Trinajstić information content (AvgIpc) is 3.18. The summed E-state index contributed by atoms with van der Waals surface area (Å²) in [5, 5.41) is 5.26. The quantitative estimate of drug-likeness (QED) is 0.630. The van der Waals surface area contributed by atoms with Gasteiger partial charge in [0, 0.05) is 49.4 Å². The monoisotopic (exact) mass is 424 g/mol. The number of imidazole rings is 1. The van der Waals surface area contributed by atoms with E-state index in [1.807, 2.05) is 24.4 Å². The number of fused-ring (bicyclic) bond motifs is 1. The highest BCUT2D eigenvalue weighted by molar-refractivity contribution is 5.95. The van der Waals surface area contributed by atoms with Crippen molar-refractivity contribution in [3.8, 4) is 11.3 Å². The molecule has 0 fully saturated rings. The number of carbonyl (C=O) groups excluding carboxylic acids is 2. The molecule has 160 valence electrons. The van der Waals surface area contributed by atoms with Crippen molar-refractivity contribution >= 4 is 17.5 Å². The number of anilines is 1. The van der Waals surface area contributed by atoms with E-state index in [1.54, 1.807) is 6.07 Å². The van der Waals surface area contributed by atoms with Crippen LogP contribution in [0.4, 0.5) is 14.5 Å². The minimum absolute atomic E-state index is 0.0115. The maximum Gasteiger partial charge on any atom is 0.254 e. The molecular weight excluding hydrogens is 402 g/mol. The highest BCUT2D eigenvalue weighted by atomic mass is 19.1. The maximum absolute atomic E-state index is 13.6. The molecule has 2 N–H and O–H groups in total. The lowest BCUT2D eigenvalue weighted by Gasteiger charge is -2.11. The maximum atomic E-state index is 13.6. The summed E-state index contributed by atoms with van der Waals surface area (Å²) in [6.07, 6.45) is 5.33. The standard InChI is InChI=1S/C23H22F2N4O2/c24-16-7-8-18(19(25)13-16)23(31)26-10-9-22(30)27-17-5-3-4-15(12-17)20-14-29-11-2-1-6-21(29)28-20/h3-5,7-8,12-14H,1-2,6,9-11H2,(H,26,31)(H,27,30). The lowest BCUT2D eigenvalue weighted by Crippen LogP contribution is -2.28. The van der Waals surface area contributed by atoms with Crippen LogP contribution in [0.3, 0.4) is 0 Å². The molecule has 3 aromatic rings. The number of amides is 2. The van der Waals surface area contributed by atoms with Crippen molar-refractivity contribution in [2.24, 2.45) is 0 Å². The van der Waals surface area contributed by atoms with E-state index < -0.39 is 17.5 Å². The summed E-state index contributed by atoms with van der Waals surface area (Å²) in [7, 11) is 0. The van der Waals surface area contributed by atoms with E-state index in [-0.39, 0.29) is 24.4 Å². The van der Waals surface area contributed by atoms with Crippen LogP contribution in [-0.4, -0.2) is 27.9 Å². The molecule has 2 aromatic carbocycles. The highest BCUT2D eigenvalue weighted by Gasteiger charge is 2.15. The van der Waals surface area contributed by atoms with Gasteiger partial charge in [0.15, 0.2) is 0 Å². The second kappa shape index (κ2) is 9.07. The molecule has 0 atom stereocenters. The van der Waals surface area contributed by atoms with Crippen LogP contribution in [0.15, 0.2) is 48.7 Å². The zero-order valence-electron chi connectivity index (χ0n) is 16.8. The van der Waals surface area contributed by atoms with E-state index in [0.717, 1.165) is 55.0 Å². The first kappa shape index (κ1) is 20.7. The number of aryl methyl sites for hydroxylation is 2. The van der Waals surface area contributed by atoms with Crippen molar-refractivity contribution in [2.45, 2.75) is 32.2 Å². The van der Waals surface area contributed by atoms with Crippen LogP contribution in [0.5, 0.6) is 0 Å². The molecule has 2 amide bonds. The molecule has 0 unspecified atom stereocenters. The normalized spacial score (nSPS) is 12.8. The number of rotatable bonds is 6. The molecule has 6 nitrogen and oxygen atoms in total. The molecule has 0 saturated carbocycles. The van der Waals surface area contributed by atoms with Crippen LogP contribution in [0.1, 0.15) is 35.4 Å². The summed E-state index contributed by atoms with van der Waals surface area (Å²) in [6.45, 7) is 1.00. The molecule has 1 aromatic heterocycles. The predicted molar refractivity (Wildman–Crippen MR) is 113 cm³/mol. The Labute approximate surface area is 178 Å². The van der Waals surface area contributed by atoms with Crippen LogP contribution >= 0.6 is 0 Å². The molecule has 1 aliphatic heterocycles. The van der Waals surface area contributed by atoms with Gasteiger partial charge in [0.2, 0.25) is 5.91 Å². The zero-order chi connectivity index (χ0) is 21.8. The summed E-state index contributed by atoms with van der Waals surface area (Å²) in [5.41, 5.74) is 2.16. The number of hydrogen-bond donors (Lipinski definition) is 2. The second-order valence-corrected chi connectivity index (χ2v) is 7.45. The molecule has 0 saturated heterocycles. The number of halogens is 2. The van der Waals surface area contributed by atoms with Gasteiger partial charge in [0.1, 0.15) is 17.5 Å². The zero-order valence-corrected chi connectivity index (χ0v) is 16.8. The topological polar surface area (TPSA) is 76.0 Å². The number of nitrogens with one attached hydrogen (secondary N) is 2. The summed E-state index contributed by atoms with van der Waals surface area (Å²) in [6, 6.07) is 10.2. The first-order valence-corrected chi connectivity index (χ1v) is 10.2. The molecule has 1 aliphatic rings. The Balaban J connectivity index is 1.32. The third-order valence-corrected chi connectivity index (χ3v) is 5.16. The van der Waals surface area contributed by atoms with Crippen molar-refractivity contribution in [3.63, 3.8) is 0 Å². The Morgan fingerprint density at radius 2 is 1.97 bits per heavy atom. The number of aromatic nitrogens is 2. The van der Waals surface area contributed by atoms with Crippen molar-refractivity contribution < 1.29 is 18.4 Å². The van der Waals surface area contributed by atoms with Gasteiger partial charge in [-0.2, -0.15) is 0 Å². The summed E-state index contributed by atoms with van der Waals surface area (Å²) >= 11 is 0. The Bertz CT molecular complexity index is 1100. The van der Waals surface area contributed by atoms with Gasteiger partial charge < -0.3 is 15.2 Å². The second-order valence-electron chi connectivity index (χ2n) is 7.45. The summed E-state index contributed by atoms with van der Waals surface area (Å²) < 4.78 is 28.8. The fourth-order valence-electron chi connectivity index (χ4n) is 3.59. The fourth-order valence-corrected chi connectivity index (χ4v) is 3.59. The fraction of sp³-hybridized carbons (Fsp3) is 0.261. The minimum Gasteiger partial charge on any atom is -0.351 e. The lowest BCUT2D eigenvalue weighted by atomic mass is 10.1. The van der Waals surface area contributed by atoms with Crippen LogP contribution < -0.4 is 10.6 Å². The summed E-state index contributed by atoms with van der Waals surface area (Å²) in [5.74, 6) is -1.60. The minimum atomic E-state index is -0.945. The van der Waals surface area contributed by atoms with Crippen molar-refractivity contribution in [1.82, 2.24) is 14.9 Å². The van der Waals surface area contributed by atoms with Crippen molar-refractivity contribution in [3.05, 3.63) is 71.7 Å². The summed E-state index contributed by atoms with van der Waals surface area (Å²) in [4.78, 5) is 28.9. The third-order valence-electron chi connectivity index (χ3n) is 5.16. The Kier molecular flexibility index (Phi) is 6.06. The molecule has 8 heteroatoms. The molecule has 0 aliphatic carbocycles. The van der Waals surface area contributed by atoms with Gasteiger partial charge in [0.05, 0.1) is 11.3 Å². The molecule has 0 bridgehead atoms. The Morgan fingerprint density at radius 1 is 1.10 bits per heavy atom. The van der Waals surface area contributed by atoms with Crippen molar-refractivity contribution in [1.29, 1.82) is 0 Å². The van der Waals surface area contributed by atoms with Gasteiger partial charge in [-0.15, -0.1) is 0 Å². The molecule has 0 spiro atoms. The first-order chi connectivity index (χ1) is 15.0. The van der Waals surface area contributed by atoms with Gasteiger partial charge in [0.25, 0.3) is 5.91 Å². The molecule has 4 rings (SSSR count). The Hall–Kier alpha value is -3.55. The van der Waals surface area contributed by atoms with E-state index in [2.05, 4.69) is 15.2 Å². The van der Waals surface area contributed by atoms with Gasteiger partial charge in [-0.1, -0.05) is 12.1 Å². The van der Waals surface area contributed by atoms with E-state index in [1.165, 1.54) is 0 Å². The number of hydrogen-bond acceptors (Lipinski definition) is 3. The smallest absolute Gasteiger partial charge is 0.254 e. The van der Waals surface area contributed by atoms with E-state index in [4.69, 9.17) is 4.98 Å². The SMILES string of the molecule is O=C(CCNC(=O)c1ccc(F)cc1F)Nc1cccc(-c2cn3c(n2)CCCC3)c1. The molecule has 31 heavy (non-hydrogen) atoms. The largest absolute Gasteiger partial charge is 0.351 e. The van der Waals surface area contributed by atoms with Crippen LogP contribution in [-0.2, 0) is 17.8 Å². The van der Waals surface area contributed by atoms with Crippen LogP contribution in [0.25, 0.3) is 11.3 Å². The molecule has 2 heterocycles. The Morgan fingerprint density at radius 3 is 2.77 bits per heavy atom. The van der Waals surface area contributed by atoms with Crippen LogP contribution in [0.2, 0.25) is 0 Å². The third kappa shape index (κ3) is 4.96. The van der Waals surface area contributed by atoms with Crippen molar-refractivity contribution in [2.75, 3.05) is 11.9 Å². The molecular formula is C23H22F2N4O2. The van der Waals surface area contributed by atoms with Gasteiger partial charge in [-0.25, -0.2) is 13.8 Å². The number of benzene rings is 2. The number of nitrogens with zero attached hydrogens (tertiary/aromatic N) is 2. The van der Waals surface area contributed by atoms with Gasteiger partial charge >= 0.3 is 0 Å². The predicted octanol–water partition coefficient (Wildman–Crippen LogP) is 3.92. The van der Waals surface area contributed by atoms with Gasteiger partial charge in [-0.3, -0.25) is 9.59 Å². The van der Waals surface area contributed by atoms with E-state index in [0.29, 0.717) is 11.8 Å². The lowest BCUT2D eigenvalue weighted by molar-refractivity contribution is -0.116. The average molecular weight is 424 g/mol. The first-order valence-electron chi connectivity index (χ1n) is 10.2. The number of carbonyl (C=O) groups is 2. The van der Waals surface area contributed by atoms with Crippen LogP contribution in [0, 0.1) is 11.6 Å². The highest BCUT2D eigenvalue weighted by Crippen LogP contribution is 2.24.